The van der Waals surface area contributed by atoms with Gasteiger partial charge in [0, 0.05) is 24.3 Å². The van der Waals surface area contributed by atoms with Crippen LogP contribution in [0.15, 0.2) is 12.2 Å². The fourth-order valence-electron chi connectivity index (χ4n) is 3.18. The molecule has 1 nitrogen and oxygen atoms in total. The van der Waals surface area contributed by atoms with Crippen molar-refractivity contribution in [3.05, 3.63) is 12.2 Å². The van der Waals surface area contributed by atoms with Crippen molar-refractivity contribution < 1.29 is 4.74 Å². The second-order valence-electron chi connectivity index (χ2n) is 3.85. The van der Waals surface area contributed by atoms with Crippen LogP contribution < -0.4 is 0 Å². The van der Waals surface area contributed by atoms with Crippen LogP contribution in [0.5, 0.6) is 0 Å². The Hall–Kier alpha value is -0.0100. The topological polar surface area (TPSA) is 9.23 Å². The fraction of sp³-hybridized carbons (Fsp3) is 0.778. The molecule has 5 atom stereocenters. The van der Waals surface area contributed by atoms with Crippen LogP contribution in [-0.4, -0.2) is 18.1 Å². The van der Waals surface area contributed by atoms with Gasteiger partial charge in [0.05, 0.1) is 5.60 Å². The molecule has 3 aliphatic rings. The molecule has 60 valence electrons. The van der Waals surface area contributed by atoms with E-state index in [4.69, 9.17) is 16.3 Å². The standard InChI is InChI=1S/C9H11ClO/c1-11-9-5-2-3-6(9)8(10)4-7(5)9/h2-3,5-8H,4H2,1H3. The number of methoxy groups -OCH3 is 1. The molecule has 11 heavy (non-hydrogen) atoms. The molecule has 0 spiro atoms. The molecule has 0 aromatic rings. The van der Waals surface area contributed by atoms with Gasteiger partial charge in [0.1, 0.15) is 0 Å². The highest BCUT2D eigenvalue weighted by atomic mass is 35.5. The summed E-state index contributed by atoms with van der Waals surface area (Å²) in [6, 6.07) is 0. The van der Waals surface area contributed by atoms with Crippen molar-refractivity contribution in [2.75, 3.05) is 7.11 Å². The molecule has 5 unspecified atom stereocenters. The summed E-state index contributed by atoms with van der Waals surface area (Å²) in [5.41, 5.74) is 0.159. The first-order valence-corrected chi connectivity index (χ1v) is 4.62. The van der Waals surface area contributed by atoms with Gasteiger partial charge in [0.2, 0.25) is 0 Å². The summed E-state index contributed by atoms with van der Waals surface area (Å²) in [5.74, 6) is 1.95. The van der Waals surface area contributed by atoms with Crippen molar-refractivity contribution >= 4 is 11.6 Å². The Balaban J connectivity index is 2.03. The van der Waals surface area contributed by atoms with Crippen molar-refractivity contribution in [1.29, 1.82) is 0 Å². The summed E-state index contributed by atoms with van der Waals surface area (Å²) in [4.78, 5) is 0. The minimum Gasteiger partial charge on any atom is -0.377 e. The summed E-state index contributed by atoms with van der Waals surface area (Å²) in [6.45, 7) is 0. The Labute approximate surface area is 71.4 Å². The van der Waals surface area contributed by atoms with Crippen molar-refractivity contribution in [2.24, 2.45) is 17.8 Å². The third-order valence-corrected chi connectivity index (χ3v) is 4.14. The Morgan fingerprint density at radius 3 is 2.73 bits per heavy atom. The summed E-state index contributed by atoms with van der Waals surface area (Å²) in [7, 11) is 1.82. The van der Waals surface area contributed by atoms with Crippen molar-refractivity contribution in [1.82, 2.24) is 0 Å². The molecule has 2 heteroatoms. The highest BCUT2D eigenvalue weighted by Gasteiger charge is 2.75. The molecular formula is C9H11ClO. The lowest BCUT2D eigenvalue weighted by Crippen LogP contribution is -2.25. The fourth-order valence-corrected chi connectivity index (χ4v) is 3.65. The molecule has 3 rings (SSSR count). The van der Waals surface area contributed by atoms with Gasteiger partial charge in [-0.25, -0.2) is 0 Å². The van der Waals surface area contributed by atoms with Gasteiger partial charge < -0.3 is 4.74 Å². The van der Waals surface area contributed by atoms with Gasteiger partial charge in [-0.05, 0) is 12.3 Å². The van der Waals surface area contributed by atoms with E-state index >= 15 is 0 Å². The van der Waals surface area contributed by atoms with Crippen LogP contribution in [0.4, 0.5) is 0 Å². The first-order valence-electron chi connectivity index (χ1n) is 4.18. The highest BCUT2D eigenvalue weighted by molar-refractivity contribution is 6.21. The van der Waals surface area contributed by atoms with E-state index in [1.54, 1.807) is 0 Å². The quantitative estimate of drug-likeness (QED) is 0.431. The second-order valence-corrected chi connectivity index (χ2v) is 4.41. The van der Waals surface area contributed by atoms with Gasteiger partial charge in [0.25, 0.3) is 0 Å². The lowest BCUT2D eigenvalue weighted by atomic mass is 10.0. The molecule has 0 bridgehead atoms. The lowest BCUT2D eigenvalue weighted by molar-refractivity contribution is 0.0469. The van der Waals surface area contributed by atoms with E-state index in [9.17, 15) is 0 Å². The van der Waals surface area contributed by atoms with Gasteiger partial charge in [0.15, 0.2) is 0 Å². The summed E-state index contributed by atoms with van der Waals surface area (Å²) >= 11 is 6.17. The Morgan fingerprint density at radius 1 is 1.45 bits per heavy atom. The number of rotatable bonds is 1. The third kappa shape index (κ3) is 0.492. The molecule has 0 heterocycles. The number of fused-ring (bicyclic) bond motifs is 1. The maximum Gasteiger partial charge on any atom is 0.0856 e. The molecule has 0 aliphatic heterocycles. The predicted molar refractivity (Wildman–Crippen MR) is 43.6 cm³/mol. The largest absolute Gasteiger partial charge is 0.377 e. The first-order chi connectivity index (χ1) is 5.30. The molecule has 0 amide bonds. The number of halogens is 1. The first kappa shape index (κ1) is 6.50. The summed E-state index contributed by atoms with van der Waals surface area (Å²) < 4.78 is 5.58. The smallest absolute Gasteiger partial charge is 0.0856 e. The Kier molecular flexibility index (Phi) is 0.987. The summed E-state index contributed by atoms with van der Waals surface area (Å²) in [5, 5.41) is 0.329. The van der Waals surface area contributed by atoms with Crippen LogP contribution in [0.3, 0.4) is 0 Å². The second kappa shape index (κ2) is 1.67. The Morgan fingerprint density at radius 2 is 2.18 bits per heavy atom. The van der Waals surface area contributed by atoms with Gasteiger partial charge >= 0.3 is 0 Å². The summed E-state index contributed by atoms with van der Waals surface area (Å²) in [6.07, 6.45) is 5.69. The Bertz CT molecular complexity index is 238. The van der Waals surface area contributed by atoms with Crippen LogP contribution in [-0.2, 0) is 4.74 Å². The van der Waals surface area contributed by atoms with Crippen LogP contribution >= 0.6 is 11.6 Å². The van der Waals surface area contributed by atoms with Gasteiger partial charge in [-0.1, -0.05) is 12.2 Å². The van der Waals surface area contributed by atoms with E-state index in [-0.39, 0.29) is 5.60 Å². The molecule has 0 saturated heterocycles. The van der Waals surface area contributed by atoms with Crippen LogP contribution in [0.25, 0.3) is 0 Å². The van der Waals surface area contributed by atoms with Crippen molar-refractivity contribution in [3.8, 4) is 0 Å². The maximum atomic E-state index is 6.17. The van der Waals surface area contributed by atoms with Crippen LogP contribution in [0, 0.1) is 17.8 Å². The lowest BCUT2D eigenvalue weighted by Gasteiger charge is -2.18. The molecule has 0 radical (unpaired) electrons. The highest BCUT2D eigenvalue weighted by Crippen LogP contribution is 2.71. The van der Waals surface area contributed by atoms with Crippen molar-refractivity contribution in [3.63, 3.8) is 0 Å². The minimum atomic E-state index is 0.159. The molecule has 3 aliphatic carbocycles. The zero-order valence-corrected chi connectivity index (χ0v) is 7.21. The van der Waals surface area contributed by atoms with E-state index in [0.29, 0.717) is 17.2 Å². The van der Waals surface area contributed by atoms with E-state index in [0.717, 1.165) is 12.3 Å². The van der Waals surface area contributed by atoms with Crippen LogP contribution in [0.2, 0.25) is 0 Å². The molecule has 0 aromatic carbocycles. The number of alkyl halides is 1. The monoisotopic (exact) mass is 170 g/mol. The minimum absolute atomic E-state index is 0.159. The van der Waals surface area contributed by atoms with E-state index in [1.807, 2.05) is 7.11 Å². The average molecular weight is 171 g/mol. The predicted octanol–water partition coefficient (Wildman–Crippen LogP) is 1.81. The molecule has 0 aromatic heterocycles. The average Bonchev–Trinajstić information content (AvgIpc) is 2.41. The number of hydrogen-bond donors (Lipinski definition) is 0. The van der Waals surface area contributed by atoms with E-state index in [1.165, 1.54) is 0 Å². The normalized spacial score (nSPS) is 63.5. The van der Waals surface area contributed by atoms with Gasteiger partial charge in [-0.3, -0.25) is 0 Å². The third-order valence-electron chi connectivity index (χ3n) is 3.69. The van der Waals surface area contributed by atoms with Crippen molar-refractivity contribution in [2.45, 2.75) is 17.4 Å². The van der Waals surface area contributed by atoms with Crippen LogP contribution in [0.1, 0.15) is 6.42 Å². The zero-order valence-electron chi connectivity index (χ0n) is 6.46. The number of hydrogen-bond acceptors (Lipinski definition) is 1. The van der Waals surface area contributed by atoms with E-state index < -0.39 is 0 Å². The van der Waals surface area contributed by atoms with E-state index in [2.05, 4.69) is 12.2 Å². The molecule has 0 N–H and O–H groups in total. The van der Waals surface area contributed by atoms with Gasteiger partial charge in [-0.15, -0.1) is 11.6 Å². The number of ether oxygens (including phenoxy) is 1. The molecule has 2 fully saturated rings. The molecule has 2 saturated carbocycles. The van der Waals surface area contributed by atoms with Gasteiger partial charge in [-0.2, -0.15) is 0 Å². The molecular weight excluding hydrogens is 160 g/mol. The SMILES string of the molecule is COC12C3C=CC1C2CC3Cl. The zero-order chi connectivity index (χ0) is 7.64. The maximum absolute atomic E-state index is 6.17.